The third-order valence-corrected chi connectivity index (χ3v) is 14.5. The monoisotopic (exact) mass is 1110 g/mol. The number of guanidine groups is 2. The Balaban J connectivity index is 1.18. The molecule has 6 amide bonds. The lowest BCUT2D eigenvalue weighted by Crippen LogP contribution is -2.70. The Kier molecular flexibility index (Phi) is 18.1. The standard InChI is InChI=1S/C51H66N14O15/c1-22(24-7-5-4-6-8-24)35-45(76)57-28(16-23-9-14-32-27(15-23)59-48(79-32)25-10-12-26(13-11-25)64(2)3)44(75)62-36(38(69)29-17-55-50(52)60-29)47(78)63-37(46(77)58-30(20-66)43(74)54-19-34(68)61-35)39(70)31-18-56-51(53)65(31)49-42(73)41(72)40(71)33(21-67)80-49/h4-15,22,28-31,33,35-42,49,66-67,69-73H,16-21H2,1-3H3,(H2,53,56)(H,54,74)(H,57,76)(H,58,77)(H,61,68)(H,62,75)(H,63,78)(H3,52,55,60)/t22?,28-,29?,30+,31?,33-,35+,36+,37-,38?,39?,40-,41+,42+,49+/m1/s1. The molecule has 4 aliphatic rings. The molecule has 1 aromatic heterocycles. The summed E-state index contributed by atoms with van der Waals surface area (Å²) in [5.41, 5.74) is 15.5. The molecule has 2 fully saturated rings. The van der Waals surface area contributed by atoms with Gasteiger partial charge in [-0.15, -0.1) is 0 Å². The lowest BCUT2D eigenvalue weighted by molar-refractivity contribution is -0.260. The average Bonchev–Trinajstić information content (AvgIpc) is 4.20. The normalized spacial score (nSPS) is 29.5. The van der Waals surface area contributed by atoms with Crippen LogP contribution in [0.2, 0.25) is 0 Å². The molecule has 18 N–H and O–H groups in total. The number of ether oxygens (including phenoxy) is 1. The fourth-order valence-corrected chi connectivity index (χ4v) is 9.83. The Morgan fingerprint density at radius 1 is 0.713 bits per heavy atom. The lowest BCUT2D eigenvalue weighted by atomic mass is 9.92. The summed E-state index contributed by atoms with van der Waals surface area (Å²) in [7, 11) is 3.80. The first-order valence-corrected chi connectivity index (χ1v) is 25.6. The Morgan fingerprint density at radius 3 is 2.04 bits per heavy atom. The fourth-order valence-electron chi connectivity index (χ4n) is 9.83. The van der Waals surface area contributed by atoms with Crippen LogP contribution in [0.4, 0.5) is 5.69 Å². The minimum atomic E-state index is -2.27. The summed E-state index contributed by atoms with van der Waals surface area (Å²) >= 11 is 0. The Morgan fingerprint density at radius 2 is 1.38 bits per heavy atom. The van der Waals surface area contributed by atoms with Crippen LogP contribution in [0, 0.1) is 0 Å². The maximum Gasteiger partial charge on any atom is 0.246 e. The van der Waals surface area contributed by atoms with Gasteiger partial charge in [-0.3, -0.25) is 38.8 Å². The van der Waals surface area contributed by atoms with Crippen LogP contribution in [0.15, 0.2) is 87.2 Å². The molecule has 4 aliphatic heterocycles. The zero-order valence-electron chi connectivity index (χ0n) is 43.6. The molecule has 0 spiro atoms. The molecule has 0 bridgehead atoms. The number of nitrogens with one attached hydrogen (secondary N) is 7. The predicted octanol–water partition coefficient (Wildman–Crippen LogP) is -6.74. The largest absolute Gasteiger partial charge is 0.436 e. The highest BCUT2D eigenvalue weighted by atomic mass is 16.6. The lowest BCUT2D eigenvalue weighted by Gasteiger charge is -2.46. The molecule has 5 unspecified atom stereocenters. The molecule has 0 saturated carbocycles. The van der Waals surface area contributed by atoms with Gasteiger partial charge in [0.15, 0.2) is 23.7 Å². The first-order valence-electron chi connectivity index (χ1n) is 25.6. The zero-order valence-corrected chi connectivity index (χ0v) is 43.6. The maximum absolute atomic E-state index is 15.1. The minimum absolute atomic E-state index is 0.142. The number of aromatic nitrogens is 1. The van der Waals surface area contributed by atoms with Crippen molar-refractivity contribution in [2.24, 2.45) is 21.5 Å². The van der Waals surface area contributed by atoms with Gasteiger partial charge in [0.2, 0.25) is 41.3 Å². The quantitative estimate of drug-likeness (QED) is 0.0592. The number of aliphatic hydroxyl groups is 7. The molecule has 5 heterocycles. The van der Waals surface area contributed by atoms with Gasteiger partial charge < -0.3 is 103 Å². The topological polar surface area (TPSA) is 447 Å². The van der Waals surface area contributed by atoms with Crippen molar-refractivity contribution < 1.29 is 73.7 Å². The van der Waals surface area contributed by atoms with E-state index in [2.05, 4.69) is 52.2 Å². The second-order valence-electron chi connectivity index (χ2n) is 20.1. The van der Waals surface area contributed by atoms with Crippen molar-refractivity contribution in [3.63, 3.8) is 0 Å². The number of oxazole rings is 1. The predicted molar refractivity (Wildman–Crippen MR) is 283 cm³/mol. The van der Waals surface area contributed by atoms with Crippen LogP contribution in [0.1, 0.15) is 24.0 Å². The number of carbonyl (C=O) groups is 6. The van der Waals surface area contributed by atoms with E-state index < -0.39 is 159 Å². The first kappa shape index (κ1) is 58.1. The Labute approximate surface area is 456 Å². The van der Waals surface area contributed by atoms with Crippen LogP contribution in [0.3, 0.4) is 0 Å². The van der Waals surface area contributed by atoms with Crippen LogP contribution in [0.5, 0.6) is 0 Å². The molecule has 0 aliphatic carbocycles. The number of nitrogens with two attached hydrogens (primary N) is 2. The maximum atomic E-state index is 15.1. The van der Waals surface area contributed by atoms with Crippen molar-refractivity contribution in [1.29, 1.82) is 0 Å². The number of nitrogens with zero attached hydrogens (tertiary/aromatic N) is 5. The van der Waals surface area contributed by atoms with Gasteiger partial charge in [-0.1, -0.05) is 43.3 Å². The summed E-state index contributed by atoms with van der Waals surface area (Å²) in [5, 5.41) is 94.5. The van der Waals surface area contributed by atoms with Crippen LogP contribution in [-0.4, -0.2) is 225 Å². The van der Waals surface area contributed by atoms with Crippen molar-refractivity contribution >= 4 is 64.1 Å². The molecule has 80 heavy (non-hydrogen) atoms. The average molecular weight is 1120 g/mol. The number of carbonyl (C=O) groups excluding carboxylic acids is 6. The van der Waals surface area contributed by atoms with Gasteiger partial charge in [0, 0.05) is 37.7 Å². The highest BCUT2D eigenvalue weighted by molar-refractivity contribution is 5.98. The molecule has 8 rings (SSSR count). The van der Waals surface area contributed by atoms with Crippen molar-refractivity contribution in [3.05, 3.63) is 83.9 Å². The van der Waals surface area contributed by atoms with Crippen LogP contribution < -0.4 is 53.6 Å². The highest BCUT2D eigenvalue weighted by Gasteiger charge is 2.52. The smallest absolute Gasteiger partial charge is 0.246 e. The third-order valence-electron chi connectivity index (χ3n) is 14.5. The molecule has 430 valence electrons. The summed E-state index contributed by atoms with van der Waals surface area (Å²) < 4.78 is 11.8. The number of hydrogen-bond acceptors (Lipinski definition) is 23. The summed E-state index contributed by atoms with van der Waals surface area (Å²) in [6, 6.07) is 8.74. The number of aliphatic hydroxyl groups excluding tert-OH is 7. The molecular formula is C51H66N14O15. The van der Waals surface area contributed by atoms with Crippen molar-refractivity contribution in [3.8, 4) is 11.5 Å². The van der Waals surface area contributed by atoms with Gasteiger partial charge in [0.05, 0.1) is 44.9 Å². The van der Waals surface area contributed by atoms with Gasteiger partial charge in [-0.2, -0.15) is 0 Å². The summed E-state index contributed by atoms with van der Waals surface area (Å²) in [4.78, 5) is 103. The third kappa shape index (κ3) is 12.7. The molecular weight excluding hydrogens is 1050 g/mol. The SMILES string of the molecule is CC(c1ccccc1)[C@@H]1NC(=O)CNC(=O)[C@H](CO)NC(=O)[C@@H](C(O)C2CN=C(N)N2[C@H]2O[C@H](CO)[C@@H](O)[C@H](O)[C@@H]2O)NC(=O)[C@H](C(O)C2CN=C(N)N2)NC(=O)[C@@H](Cc2ccc3oc(-c4ccc(N(C)C)cc4)nc3c2)NC1=O. The fraction of sp³-hybridized carbons (Fsp3) is 0.471. The molecule has 29 heteroatoms. The van der Waals surface area contributed by atoms with Gasteiger partial charge in [-0.05, 0) is 47.5 Å². The van der Waals surface area contributed by atoms with E-state index in [1.54, 1.807) is 55.5 Å². The molecule has 15 atom stereocenters. The second kappa shape index (κ2) is 25.0. The number of benzene rings is 3. The van der Waals surface area contributed by atoms with E-state index in [0.717, 1.165) is 10.6 Å². The molecule has 4 aromatic rings. The van der Waals surface area contributed by atoms with Crippen molar-refractivity contribution in [2.45, 2.75) is 104 Å². The Bertz CT molecular complexity index is 2960. The van der Waals surface area contributed by atoms with Crippen LogP contribution in [0.25, 0.3) is 22.6 Å². The summed E-state index contributed by atoms with van der Waals surface area (Å²) in [6.45, 7) is -1.90. The zero-order chi connectivity index (χ0) is 57.7. The number of aliphatic imine (C=N–C) groups is 2. The minimum Gasteiger partial charge on any atom is -0.436 e. The number of fused-ring (bicyclic) bond motifs is 1. The van der Waals surface area contributed by atoms with Gasteiger partial charge in [0.25, 0.3) is 0 Å². The first-order chi connectivity index (χ1) is 38.2. The van der Waals surface area contributed by atoms with Gasteiger partial charge >= 0.3 is 0 Å². The molecule has 29 nitrogen and oxygen atoms in total. The second-order valence-corrected chi connectivity index (χ2v) is 20.1. The van der Waals surface area contributed by atoms with E-state index in [1.807, 2.05) is 43.3 Å². The number of amides is 6. The molecule has 2 saturated heterocycles. The number of rotatable bonds is 13. The Hall–Kier alpha value is -8.03. The molecule has 3 aromatic carbocycles. The van der Waals surface area contributed by atoms with Crippen LogP contribution in [-0.2, 0) is 39.9 Å². The van der Waals surface area contributed by atoms with Crippen LogP contribution >= 0.6 is 0 Å². The highest BCUT2D eigenvalue weighted by Crippen LogP contribution is 2.30. The van der Waals surface area contributed by atoms with Crippen molar-refractivity contribution in [2.75, 3.05) is 51.8 Å². The number of hydrogen-bond donors (Lipinski definition) is 16. The van der Waals surface area contributed by atoms with E-state index in [-0.39, 0.29) is 24.8 Å². The molecule has 0 radical (unpaired) electrons. The number of anilines is 1. The van der Waals surface area contributed by atoms with Crippen molar-refractivity contribution in [1.82, 2.24) is 47.1 Å². The van der Waals surface area contributed by atoms with E-state index >= 15 is 4.79 Å². The summed E-state index contributed by atoms with van der Waals surface area (Å²) in [6.07, 6.45) is -13.5. The summed E-state index contributed by atoms with van der Waals surface area (Å²) in [5.74, 6) is -7.89. The van der Waals surface area contributed by atoms with E-state index in [9.17, 15) is 59.7 Å². The van der Waals surface area contributed by atoms with E-state index in [1.165, 1.54) is 0 Å². The van der Waals surface area contributed by atoms with E-state index in [0.29, 0.717) is 27.8 Å². The van der Waals surface area contributed by atoms with Gasteiger partial charge in [0.1, 0.15) is 72.3 Å². The van der Waals surface area contributed by atoms with Gasteiger partial charge in [-0.25, -0.2) is 4.98 Å². The van der Waals surface area contributed by atoms with E-state index in [4.69, 9.17) is 20.6 Å².